The molecule has 0 aliphatic heterocycles. The van der Waals surface area contributed by atoms with E-state index in [1.165, 1.54) is 0 Å². The summed E-state index contributed by atoms with van der Waals surface area (Å²) in [6.07, 6.45) is 3.56. The molecule has 18 heavy (non-hydrogen) atoms. The fourth-order valence-corrected chi connectivity index (χ4v) is 0.982. The van der Waals surface area contributed by atoms with Gasteiger partial charge in [-0.1, -0.05) is 6.07 Å². The van der Waals surface area contributed by atoms with Gasteiger partial charge in [0.15, 0.2) is 0 Å². The zero-order valence-electron chi connectivity index (χ0n) is 10.2. The van der Waals surface area contributed by atoms with Crippen molar-refractivity contribution in [3.05, 3.63) is 29.6 Å². The Morgan fingerprint density at radius 3 is 1.67 bits per heavy atom. The van der Waals surface area contributed by atoms with Gasteiger partial charge in [0.05, 0.1) is 11.4 Å². The summed E-state index contributed by atoms with van der Waals surface area (Å²) in [4.78, 5) is 12.6. The number of pyridine rings is 1. The molecule has 0 amide bonds. The van der Waals surface area contributed by atoms with Crippen LogP contribution in [0.4, 0.5) is 0 Å². The first-order valence-corrected chi connectivity index (χ1v) is 4.83. The van der Waals surface area contributed by atoms with E-state index in [0.717, 1.165) is 24.5 Å². The standard InChI is InChI=1S/C11H15N3.3ClH.V/c1-3-12-8-10-6-5-7-11(14-10)9-13-4-2;;;;/h5-9H,3-4H2,1-2H3;3*1H;/p-3. The second-order valence-corrected chi connectivity index (χ2v) is 2.74. The first-order chi connectivity index (χ1) is 6.86. The molecule has 1 radical (unpaired) electrons. The van der Waals surface area contributed by atoms with Gasteiger partial charge in [-0.3, -0.25) is 9.98 Å². The van der Waals surface area contributed by atoms with Crippen LogP contribution >= 0.6 is 0 Å². The summed E-state index contributed by atoms with van der Waals surface area (Å²) in [5, 5.41) is 0. The predicted molar refractivity (Wildman–Crippen MR) is 60.5 cm³/mol. The molecular formula is C11H15Cl3N3V-3. The maximum absolute atomic E-state index is 4.35. The molecule has 0 fully saturated rings. The molecule has 7 heteroatoms. The molecule has 0 aromatic carbocycles. The maximum atomic E-state index is 4.35. The van der Waals surface area contributed by atoms with Gasteiger partial charge in [0, 0.05) is 44.1 Å². The van der Waals surface area contributed by atoms with Crippen LogP contribution in [-0.2, 0) is 18.6 Å². The van der Waals surface area contributed by atoms with Crippen LogP contribution in [0.3, 0.4) is 0 Å². The smallest absolute Gasteiger partial charge is 0.0815 e. The monoisotopic (exact) mass is 345 g/mol. The average Bonchev–Trinajstić information content (AvgIpc) is 2.24. The Labute approximate surface area is 139 Å². The molecular weight excluding hydrogens is 331 g/mol. The fourth-order valence-electron chi connectivity index (χ4n) is 0.982. The number of rotatable bonds is 4. The van der Waals surface area contributed by atoms with Gasteiger partial charge >= 0.3 is 0 Å². The molecule has 0 atom stereocenters. The molecule has 1 aromatic heterocycles. The van der Waals surface area contributed by atoms with Crippen LogP contribution in [0.15, 0.2) is 28.2 Å². The van der Waals surface area contributed by atoms with E-state index in [1.54, 1.807) is 12.4 Å². The van der Waals surface area contributed by atoms with Crippen LogP contribution in [-0.4, -0.2) is 30.5 Å². The third-order valence-electron chi connectivity index (χ3n) is 1.60. The number of nitrogens with zero attached hydrogens (tertiary/aromatic N) is 3. The van der Waals surface area contributed by atoms with E-state index in [9.17, 15) is 0 Å². The van der Waals surface area contributed by atoms with Gasteiger partial charge in [0.25, 0.3) is 0 Å². The van der Waals surface area contributed by atoms with Crippen LogP contribution in [0.5, 0.6) is 0 Å². The van der Waals surface area contributed by atoms with Crippen LogP contribution in [0, 0.1) is 0 Å². The topological polar surface area (TPSA) is 37.6 Å². The molecule has 0 aliphatic rings. The van der Waals surface area contributed by atoms with Gasteiger partial charge in [0.2, 0.25) is 0 Å². The van der Waals surface area contributed by atoms with Crippen molar-refractivity contribution in [1.29, 1.82) is 0 Å². The van der Waals surface area contributed by atoms with E-state index in [-0.39, 0.29) is 55.8 Å². The first-order valence-electron chi connectivity index (χ1n) is 4.83. The van der Waals surface area contributed by atoms with E-state index in [1.807, 2.05) is 32.0 Å². The molecule has 0 bridgehead atoms. The third kappa shape index (κ3) is 11.1. The minimum Gasteiger partial charge on any atom is -1.00 e. The molecule has 1 heterocycles. The number of hydrogen-bond donors (Lipinski definition) is 0. The number of aliphatic imine (C=N–C) groups is 2. The van der Waals surface area contributed by atoms with Crippen molar-refractivity contribution in [2.75, 3.05) is 13.1 Å². The van der Waals surface area contributed by atoms with Crippen molar-refractivity contribution in [2.45, 2.75) is 13.8 Å². The minimum atomic E-state index is 0. The van der Waals surface area contributed by atoms with E-state index < -0.39 is 0 Å². The van der Waals surface area contributed by atoms with E-state index in [2.05, 4.69) is 15.0 Å². The summed E-state index contributed by atoms with van der Waals surface area (Å²) in [5.74, 6) is 0. The Morgan fingerprint density at radius 1 is 0.944 bits per heavy atom. The third-order valence-corrected chi connectivity index (χ3v) is 1.60. The van der Waals surface area contributed by atoms with Crippen molar-refractivity contribution in [3.8, 4) is 0 Å². The molecule has 0 N–H and O–H groups in total. The molecule has 0 saturated heterocycles. The molecule has 3 nitrogen and oxygen atoms in total. The normalized spacial score (nSPS) is 9.00. The summed E-state index contributed by atoms with van der Waals surface area (Å²) in [6.45, 7) is 5.57. The van der Waals surface area contributed by atoms with Crippen molar-refractivity contribution in [1.82, 2.24) is 4.98 Å². The van der Waals surface area contributed by atoms with Crippen molar-refractivity contribution in [2.24, 2.45) is 9.98 Å². The van der Waals surface area contributed by atoms with E-state index >= 15 is 0 Å². The summed E-state index contributed by atoms with van der Waals surface area (Å²) in [5.41, 5.74) is 1.76. The molecule has 0 saturated carbocycles. The zero-order valence-corrected chi connectivity index (χ0v) is 13.9. The Balaban J connectivity index is -0.000000245. The van der Waals surface area contributed by atoms with Crippen molar-refractivity contribution in [3.63, 3.8) is 0 Å². The Hall–Kier alpha value is -0.0556. The Bertz CT molecular complexity index is 317. The van der Waals surface area contributed by atoms with Crippen LogP contribution in [0.1, 0.15) is 25.2 Å². The summed E-state index contributed by atoms with van der Waals surface area (Å²) in [6, 6.07) is 5.83. The fraction of sp³-hybridized carbons (Fsp3) is 0.364. The van der Waals surface area contributed by atoms with Crippen molar-refractivity contribution < 1.29 is 55.8 Å². The largest absolute Gasteiger partial charge is 1.00 e. The molecule has 0 unspecified atom stereocenters. The van der Waals surface area contributed by atoms with Gasteiger partial charge in [0.1, 0.15) is 0 Å². The molecule has 1 rings (SSSR count). The average molecular weight is 347 g/mol. The maximum Gasteiger partial charge on any atom is 0.0815 e. The Morgan fingerprint density at radius 2 is 1.33 bits per heavy atom. The van der Waals surface area contributed by atoms with Gasteiger partial charge in [-0.15, -0.1) is 0 Å². The first kappa shape index (κ1) is 26.5. The second-order valence-electron chi connectivity index (χ2n) is 2.74. The quantitative estimate of drug-likeness (QED) is 0.499. The summed E-state index contributed by atoms with van der Waals surface area (Å²) < 4.78 is 0. The van der Waals surface area contributed by atoms with Crippen LogP contribution < -0.4 is 37.2 Å². The Kier molecular flexibility index (Phi) is 24.9. The van der Waals surface area contributed by atoms with Crippen LogP contribution in [0.2, 0.25) is 0 Å². The number of aromatic nitrogens is 1. The molecule has 1 aromatic rings. The predicted octanol–water partition coefficient (Wildman–Crippen LogP) is -7.03. The van der Waals surface area contributed by atoms with Gasteiger partial charge in [-0.25, -0.2) is 4.98 Å². The second kappa shape index (κ2) is 16.9. The minimum absolute atomic E-state index is 0. The number of halogens is 3. The van der Waals surface area contributed by atoms with Gasteiger partial charge < -0.3 is 37.2 Å². The van der Waals surface area contributed by atoms with E-state index in [0.29, 0.717) is 0 Å². The summed E-state index contributed by atoms with van der Waals surface area (Å²) >= 11 is 0. The molecule has 103 valence electrons. The van der Waals surface area contributed by atoms with Crippen molar-refractivity contribution >= 4 is 12.4 Å². The van der Waals surface area contributed by atoms with E-state index in [4.69, 9.17) is 0 Å². The van der Waals surface area contributed by atoms with Crippen LogP contribution in [0.25, 0.3) is 0 Å². The molecule has 0 spiro atoms. The van der Waals surface area contributed by atoms with Gasteiger partial charge in [-0.05, 0) is 26.0 Å². The number of hydrogen-bond acceptors (Lipinski definition) is 3. The SMILES string of the molecule is CCN=Cc1cccc(C=NCC)n1.[Cl-].[Cl-].[Cl-].[V]. The zero-order chi connectivity index (χ0) is 10.2. The summed E-state index contributed by atoms with van der Waals surface area (Å²) in [7, 11) is 0. The van der Waals surface area contributed by atoms with Gasteiger partial charge in [-0.2, -0.15) is 0 Å². The molecule has 0 aliphatic carbocycles.